The monoisotopic (exact) mass is 315 g/mol. The highest BCUT2D eigenvalue weighted by Crippen LogP contribution is 2.30. The van der Waals surface area contributed by atoms with Crippen molar-refractivity contribution in [3.8, 4) is 17.2 Å². The Kier molecular flexibility index (Phi) is 5.86. The fourth-order valence-corrected chi connectivity index (χ4v) is 2.33. The molecule has 0 aliphatic heterocycles. The fourth-order valence-electron chi connectivity index (χ4n) is 2.33. The van der Waals surface area contributed by atoms with Crippen molar-refractivity contribution in [2.45, 2.75) is 13.8 Å². The minimum absolute atomic E-state index is 0.347. The standard InChI is InChI=1S/C18H21NO4/c1-13-9-14(2)11-16(10-13)22-7-8-23-18-15(12-19-20)5-4-6-17(18)21-3/h4-6,9-12,20H,7-8H2,1-3H3. The van der Waals surface area contributed by atoms with Gasteiger partial charge in [0.2, 0.25) is 0 Å². The lowest BCUT2D eigenvalue weighted by Crippen LogP contribution is -2.11. The Bertz CT molecular complexity index is 662. The van der Waals surface area contributed by atoms with E-state index in [1.165, 1.54) is 6.21 Å². The molecule has 0 heterocycles. The maximum atomic E-state index is 8.73. The van der Waals surface area contributed by atoms with E-state index in [1.54, 1.807) is 25.3 Å². The summed E-state index contributed by atoms with van der Waals surface area (Å²) in [5.41, 5.74) is 2.96. The lowest BCUT2D eigenvalue weighted by atomic mass is 10.1. The van der Waals surface area contributed by atoms with E-state index in [-0.39, 0.29) is 0 Å². The summed E-state index contributed by atoms with van der Waals surface area (Å²) in [7, 11) is 1.56. The van der Waals surface area contributed by atoms with E-state index in [0.29, 0.717) is 30.3 Å². The Hall–Kier alpha value is -2.69. The van der Waals surface area contributed by atoms with E-state index < -0.39 is 0 Å². The summed E-state index contributed by atoms with van der Waals surface area (Å²) in [6, 6.07) is 11.4. The van der Waals surface area contributed by atoms with Gasteiger partial charge in [0.25, 0.3) is 0 Å². The number of hydrogen-bond donors (Lipinski definition) is 1. The Morgan fingerprint density at radius 3 is 2.39 bits per heavy atom. The first kappa shape index (κ1) is 16.7. The molecule has 0 aliphatic carbocycles. The first-order chi connectivity index (χ1) is 11.1. The summed E-state index contributed by atoms with van der Waals surface area (Å²) in [6.07, 6.45) is 1.31. The van der Waals surface area contributed by atoms with Gasteiger partial charge in [0, 0.05) is 5.56 Å². The Morgan fingerprint density at radius 1 is 1.04 bits per heavy atom. The van der Waals surface area contributed by atoms with Gasteiger partial charge in [-0.05, 0) is 49.2 Å². The molecule has 2 rings (SSSR count). The molecule has 0 bridgehead atoms. The molecule has 0 unspecified atom stereocenters. The zero-order chi connectivity index (χ0) is 16.7. The molecule has 23 heavy (non-hydrogen) atoms. The normalized spacial score (nSPS) is 10.7. The highest BCUT2D eigenvalue weighted by Gasteiger charge is 2.09. The maximum absolute atomic E-state index is 8.73. The number of rotatable bonds is 7. The second kappa shape index (κ2) is 8.08. The minimum atomic E-state index is 0.347. The van der Waals surface area contributed by atoms with Crippen molar-refractivity contribution in [3.05, 3.63) is 53.1 Å². The predicted molar refractivity (Wildman–Crippen MR) is 89.3 cm³/mol. The van der Waals surface area contributed by atoms with Crippen molar-refractivity contribution >= 4 is 6.21 Å². The van der Waals surface area contributed by atoms with Gasteiger partial charge >= 0.3 is 0 Å². The maximum Gasteiger partial charge on any atom is 0.170 e. The van der Waals surface area contributed by atoms with Crippen LogP contribution in [0.5, 0.6) is 17.2 Å². The molecule has 122 valence electrons. The van der Waals surface area contributed by atoms with Gasteiger partial charge in [0.05, 0.1) is 13.3 Å². The molecule has 0 radical (unpaired) electrons. The molecule has 0 amide bonds. The minimum Gasteiger partial charge on any atom is -0.493 e. The van der Waals surface area contributed by atoms with Crippen molar-refractivity contribution in [1.82, 2.24) is 0 Å². The van der Waals surface area contributed by atoms with Crippen LogP contribution in [0.25, 0.3) is 0 Å². The zero-order valence-corrected chi connectivity index (χ0v) is 13.6. The summed E-state index contributed by atoms with van der Waals surface area (Å²) in [5.74, 6) is 1.92. The zero-order valence-electron chi connectivity index (χ0n) is 13.6. The molecule has 2 aromatic rings. The summed E-state index contributed by atoms with van der Waals surface area (Å²) < 4.78 is 16.7. The van der Waals surface area contributed by atoms with Crippen molar-refractivity contribution in [2.24, 2.45) is 5.16 Å². The average molecular weight is 315 g/mol. The first-order valence-corrected chi connectivity index (χ1v) is 7.32. The molecule has 0 spiro atoms. The molecule has 5 heteroatoms. The van der Waals surface area contributed by atoms with Crippen LogP contribution in [-0.2, 0) is 0 Å². The predicted octanol–water partition coefficient (Wildman–Crippen LogP) is 3.58. The van der Waals surface area contributed by atoms with Crippen molar-refractivity contribution in [1.29, 1.82) is 0 Å². The third-order valence-electron chi connectivity index (χ3n) is 3.22. The second-order valence-electron chi connectivity index (χ2n) is 5.14. The molecular formula is C18H21NO4. The number of benzene rings is 2. The van der Waals surface area contributed by atoms with Crippen LogP contribution in [0.2, 0.25) is 0 Å². The number of ether oxygens (including phenoxy) is 3. The molecule has 0 saturated heterocycles. The average Bonchev–Trinajstić information content (AvgIpc) is 2.51. The Balaban J connectivity index is 1.98. The Labute approximate surface area is 136 Å². The van der Waals surface area contributed by atoms with E-state index >= 15 is 0 Å². The lowest BCUT2D eigenvalue weighted by molar-refractivity contribution is 0.211. The molecule has 1 N–H and O–H groups in total. The number of hydrogen-bond acceptors (Lipinski definition) is 5. The topological polar surface area (TPSA) is 60.3 Å². The van der Waals surface area contributed by atoms with Gasteiger partial charge in [-0.3, -0.25) is 0 Å². The fraction of sp³-hybridized carbons (Fsp3) is 0.278. The lowest BCUT2D eigenvalue weighted by Gasteiger charge is -2.13. The van der Waals surface area contributed by atoms with Gasteiger partial charge in [0.1, 0.15) is 19.0 Å². The number of nitrogens with zero attached hydrogens (tertiary/aromatic N) is 1. The summed E-state index contributed by atoms with van der Waals surface area (Å²) in [6.45, 7) is 4.81. The summed E-state index contributed by atoms with van der Waals surface area (Å²) in [4.78, 5) is 0. The third kappa shape index (κ3) is 4.64. The molecule has 0 aromatic heterocycles. The van der Waals surface area contributed by atoms with Gasteiger partial charge in [0.15, 0.2) is 11.5 Å². The smallest absolute Gasteiger partial charge is 0.170 e. The van der Waals surface area contributed by atoms with Crippen LogP contribution in [0.15, 0.2) is 41.6 Å². The molecule has 0 saturated carbocycles. The van der Waals surface area contributed by atoms with Crippen LogP contribution >= 0.6 is 0 Å². The van der Waals surface area contributed by atoms with E-state index in [9.17, 15) is 0 Å². The summed E-state index contributed by atoms with van der Waals surface area (Å²) >= 11 is 0. The SMILES string of the molecule is COc1cccc(C=NO)c1OCCOc1cc(C)cc(C)c1. The van der Waals surface area contributed by atoms with Crippen LogP contribution in [0, 0.1) is 13.8 Å². The number of aryl methyl sites for hydroxylation is 2. The van der Waals surface area contributed by atoms with Crippen LogP contribution in [0.4, 0.5) is 0 Å². The van der Waals surface area contributed by atoms with Crippen LogP contribution in [0.1, 0.15) is 16.7 Å². The molecule has 0 fully saturated rings. The van der Waals surface area contributed by atoms with Gasteiger partial charge in [-0.1, -0.05) is 17.3 Å². The van der Waals surface area contributed by atoms with E-state index in [1.807, 2.05) is 26.0 Å². The molecule has 2 aromatic carbocycles. The second-order valence-corrected chi connectivity index (χ2v) is 5.14. The quantitative estimate of drug-likeness (QED) is 0.367. The van der Waals surface area contributed by atoms with Crippen molar-refractivity contribution < 1.29 is 19.4 Å². The number of oxime groups is 1. The first-order valence-electron chi connectivity index (χ1n) is 7.32. The highest BCUT2D eigenvalue weighted by atomic mass is 16.5. The van der Waals surface area contributed by atoms with Crippen LogP contribution in [-0.4, -0.2) is 31.7 Å². The summed E-state index contributed by atoms with van der Waals surface area (Å²) in [5, 5.41) is 11.8. The van der Waals surface area contributed by atoms with Crippen LogP contribution < -0.4 is 14.2 Å². The number of para-hydroxylation sites is 1. The third-order valence-corrected chi connectivity index (χ3v) is 3.22. The Morgan fingerprint density at radius 2 is 1.74 bits per heavy atom. The molecular weight excluding hydrogens is 294 g/mol. The van der Waals surface area contributed by atoms with Gasteiger partial charge in [-0.25, -0.2) is 0 Å². The van der Waals surface area contributed by atoms with Crippen molar-refractivity contribution in [3.63, 3.8) is 0 Å². The van der Waals surface area contributed by atoms with E-state index in [2.05, 4.69) is 11.2 Å². The highest BCUT2D eigenvalue weighted by molar-refractivity contribution is 5.84. The van der Waals surface area contributed by atoms with Crippen LogP contribution in [0.3, 0.4) is 0 Å². The molecule has 0 atom stereocenters. The largest absolute Gasteiger partial charge is 0.493 e. The van der Waals surface area contributed by atoms with E-state index in [0.717, 1.165) is 16.9 Å². The van der Waals surface area contributed by atoms with Gasteiger partial charge in [-0.2, -0.15) is 0 Å². The molecule has 5 nitrogen and oxygen atoms in total. The number of methoxy groups -OCH3 is 1. The molecule has 0 aliphatic rings. The van der Waals surface area contributed by atoms with Gasteiger partial charge < -0.3 is 19.4 Å². The van der Waals surface area contributed by atoms with Crippen molar-refractivity contribution in [2.75, 3.05) is 20.3 Å². The van der Waals surface area contributed by atoms with E-state index in [4.69, 9.17) is 19.4 Å². The van der Waals surface area contributed by atoms with Gasteiger partial charge in [-0.15, -0.1) is 0 Å².